The van der Waals surface area contributed by atoms with E-state index in [9.17, 15) is 18.3 Å². The molecule has 122 valence electrons. The number of rotatable bonds is 6. The summed E-state index contributed by atoms with van der Waals surface area (Å²) in [6.45, 7) is 2.71. The molecule has 2 rings (SSSR count). The molecule has 2 aromatic carbocycles. The Morgan fingerprint density at radius 1 is 1.13 bits per heavy atom. The van der Waals surface area contributed by atoms with E-state index in [4.69, 9.17) is 5.73 Å². The molecule has 8 heteroatoms. The molecule has 0 fully saturated rings. The standard InChI is InChI=1S/C15H17N3O4S/c1-2-17-10-3-5-11(6-4-10)18-23(21,22)12-7-8-14(19)13(9-12)15(16)20/h3-9,17-19H,2H2,1H3,(H2,16,20). The normalized spacial score (nSPS) is 11.0. The van der Waals surface area contributed by atoms with Gasteiger partial charge in [-0.1, -0.05) is 0 Å². The quantitative estimate of drug-likeness (QED) is 0.640. The first-order valence-corrected chi connectivity index (χ1v) is 8.31. The SMILES string of the molecule is CCNc1ccc(NS(=O)(=O)c2ccc(O)c(C(N)=O)c2)cc1. The van der Waals surface area contributed by atoms with Gasteiger partial charge in [-0.15, -0.1) is 0 Å². The highest BCUT2D eigenvalue weighted by atomic mass is 32.2. The van der Waals surface area contributed by atoms with Crippen molar-refractivity contribution in [1.82, 2.24) is 0 Å². The molecule has 0 aliphatic rings. The Morgan fingerprint density at radius 3 is 2.30 bits per heavy atom. The van der Waals surface area contributed by atoms with Gasteiger partial charge in [0.25, 0.3) is 15.9 Å². The molecule has 2 aromatic rings. The monoisotopic (exact) mass is 335 g/mol. The van der Waals surface area contributed by atoms with E-state index < -0.39 is 15.9 Å². The number of phenols is 1. The number of hydrogen-bond donors (Lipinski definition) is 4. The van der Waals surface area contributed by atoms with Crippen molar-refractivity contribution in [2.24, 2.45) is 5.73 Å². The minimum absolute atomic E-state index is 0.167. The smallest absolute Gasteiger partial charge is 0.261 e. The summed E-state index contributed by atoms with van der Waals surface area (Å²) >= 11 is 0. The van der Waals surface area contributed by atoms with Crippen molar-refractivity contribution in [2.45, 2.75) is 11.8 Å². The summed E-state index contributed by atoms with van der Waals surface area (Å²) in [5.74, 6) is -1.28. The number of hydrogen-bond acceptors (Lipinski definition) is 5. The largest absolute Gasteiger partial charge is 0.507 e. The minimum Gasteiger partial charge on any atom is -0.507 e. The highest BCUT2D eigenvalue weighted by Gasteiger charge is 2.18. The zero-order chi connectivity index (χ0) is 17.0. The Balaban J connectivity index is 2.28. The average molecular weight is 335 g/mol. The van der Waals surface area contributed by atoms with Gasteiger partial charge in [0, 0.05) is 17.9 Å². The van der Waals surface area contributed by atoms with Crippen LogP contribution in [0.4, 0.5) is 11.4 Å². The summed E-state index contributed by atoms with van der Waals surface area (Å²) in [4.78, 5) is 11.0. The number of primary amides is 1. The number of carbonyl (C=O) groups excluding carboxylic acids is 1. The summed E-state index contributed by atoms with van der Waals surface area (Å²) in [6, 6.07) is 10.1. The maximum absolute atomic E-state index is 12.3. The molecule has 0 saturated heterocycles. The van der Waals surface area contributed by atoms with E-state index in [-0.39, 0.29) is 16.2 Å². The van der Waals surface area contributed by atoms with E-state index in [0.717, 1.165) is 24.4 Å². The van der Waals surface area contributed by atoms with Crippen molar-refractivity contribution in [3.05, 3.63) is 48.0 Å². The summed E-state index contributed by atoms with van der Waals surface area (Å²) in [7, 11) is -3.90. The summed E-state index contributed by atoms with van der Waals surface area (Å²) in [5, 5.41) is 12.6. The van der Waals surface area contributed by atoms with Gasteiger partial charge in [0.2, 0.25) is 0 Å². The van der Waals surface area contributed by atoms with E-state index >= 15 is 0 Å². The van der Waals surface area contributed by atoms with E-state index in [0.29, 0.717) is 5.69 Å². The van der Waals surface area contributed by atoms with Gasteiger partial charge in [0.05, 0.1) is 10.5 Å². The second-order valence-electron chi connectivity index (χ2n) is 4.76. The summed E-state index contributed by atoms with van der Waals surface area (Å²) in [6.07, 6.45) is 0. The van der Waals surface area contributed by atoms with Crippen LogP contribution >= 0.6 is 0 Å². The maximum atomic E-state index is 12.3. The number of amides is 1. The number of nitrogens with two attached hydrogens (primary N) is 1. The lowest BCUT2D eigenvalue weighted by atomic mass is 10.2. The van der Waals surface area contributed by atoms with Crippen LogP contribution < -0.4 is 15.8 Å². The Kier molecular flexibility index (Phi) is 4.75. The molecule has 0 bridgehead atoms. The van der Waals surface area contributed by atoms with Crippen LogP contribution in [0.2, 0.25) is 0 Å². The first-order valence-electron chi connectivity index (χ1n) is 6.83. The number of sulfonamides is 1. The van der Waals surface area contributed by atoms with Crippen molar-refractivity contribution in [3.8, 4) is 5.75 Å². The van der Waals surface area contributed by atoms with Crippen LogP contribution in [0, 0.1) is 0 Å². The third-order valence-corrected chi connectivity index (χ3v) is 4.44. The van der Waals surface area contributed by atoms with Crippen LogP contribution in [0.1, 0.15) is 17.3 Å². The van der Waals surface area contributed by atoms with Crippen LogP contribution in [0.5, 0.6) is 5.75 Å². The van der Waals surface area contributed by atoms with Crippen molar-refractivity contribution in [3.63, 3.8) is 0 Å². The van der Waals surface area contributed by atoms with Crippen molar-refractivity contribution >= 4 is 27.3 Å². The van der Waals surface area contributed by atoms with E-state index in [2.05, 4.69) is 10.0 Å². The van der Waals surface area contributed by atoms with E-state index in [1.807, 2.05) is 6.92 Å². The Morgan fingerprint density at radius 2 is 1.74 bits per heavy atom. The van der Waals surface area contributed by atoms with Crippen molar-refractivity contribution in [1.29, 1.82) is 0 Å². The van der Waals surface area contributed by atoms with Gasteiger partial charge >= 0.3 is 0 Å². The molecule has 1 amide bonds. The summed E-state index contributed by atoms with van der Waals surface area (Å²) in [5.41, 5.74) is 6.10. The van der Waals surface area contributed by atoms with Crippen LogP contribution in [0.15, 0.2) is 47.4 Å². The lowest BCUT2D eigenvalue weighted by Crippen LogP contribution is -2.16. The molecular formula is C15H17N3O4S. The Hall–Kier alpha value is -2.74. The topological polar surface area (TPSA) is 122 Å². The Labute approximate surface area is 134 Å². The van der Waals surface area contributed by atoms with E-state index in [1.165, 1.54) is 6.07 Å². The molecule has 5 N–H and O–H groups in total. The fourth-order valence-electron chi connectivity index (χ4n) is 1.95. The molecular weight excluding hydrogens is 318 g/mol. The minimum atomic E-state index is -3.90. The molecule has 0 heterocycles. The maximum Gasteiger partial charge on any atom is 0.261 e. The molecule has 0 atom stereocenters. The molecule has 0 radical (unpaired) electrons. The van der Waals surface area contributed by atoms with Gasteiger partial charge in [-0.25, -0.2) is 8.42 Å². The molecule has 0 aliphatic heterocycles. The molecule has 0 aromatic heterocycles. The Bertz CT molecular complexity index is 817. The number of carbonyl (C=O) groups is 1. The lowest BCUT2D eigenvalue weighted by Gasteiger charge is -2.10. The lowest BCUT2D eigenvalue weighted by molar-refractivity contribution is 0.0997. The second-order valence-corrected chi connectivity index (χ2v) is 6.44. The number of nitrogens with one attached hydrogen (secondary N) is 2. The molecule has 0 aliphatic carbocycles. The van der Waals surface area contributed by atoms with E-state index in [1.54, 1.807) is 24.3 Å². The van der Waals surface area contributed by atoms with Gasteiger partial charge < -0.3 is 16.2 Å². The predicted molar refractivity (Wildman–Crippen MR) is 88.0 cm³/mol. The highest BCUT2D eigenvalue weighted by Crippen LogP contribution is 2.23. The number of benzene rings is 2. The average Bonchev–Trinajstić information content (AvgIpc) is 2.49. The summed E-state index contributed by atoms with van der Waals surface area (Å²) < 4.78 is 27.1. The van der Waals surface area contributed by atoms with Gasteiger partial charge in [-0.2, -0.15) is 0 Å². The fourth-order valence-corrected chi connectivity index (χ4v) is 3.04. The van der Waals surface area contributed by atoms with Crippen LogP contribution in [-0.4, -0.2) is 26.0 Å². The highest BCUT2D eigenvalue weighted by molar-refractivity contribution is 7.92. The van der Waals surface area contributed by atoms with Crippen molar-refractivity contribution < 1.29 is 18.3 Å². The van der Waals surface area contributed by atoms with Crippen LogP contribution in [0.3, 0.4) is 0 Å². The number of aromatic hydroxyl groups is 1. The second kappa shape index (κ2) is 6.57. The fraction of sp³-hybridized carbons (Fsp3) is 0.133. The number of anilines is 2. The first kappa shape index (κ1) is 16.6. The zero-order valence-corrected chi connectivity index (χ0v) is 13.2. The third-order valence-electron chi connectivity index (χ3n) is 3.06. The zero-order valence-electron chi connectivity index (χ0n) is 12.4. The first-order chi connectivity index (χ1) is 10.8. The molecule has 7 nitrogen and oxygen atoms in total. The molecule has 0 unspecified atom stereocenters. The predicted octanol–water partition coefficient (Wildman–Crippen LogP) is 1.72. The third kappa shape index (κ3) is 3.92. The van der Waals surface area contributed by atoms with Gasteiger partial charge in [-0.3, -0.25) is 9.52 Å². The van der Waals surface area contributed by atoms with Crippen LogP contribution in [-0.2, 0) is 10.0 Å². The molecule has 0 spiro atoms. The van der Waals surface area contributed by atoms with Crippen molar-refractivity contribution in [2.75, 3.05) is 16.6 Å². The molecule has 23 heavy (non-hydrogen) atoms. The van der Waals surface area contributed by atoms with Crippen LogP contribution in [0.25, 0.3) is 0 Å². The van der Waals surface area contributed by atoms with Gasteiger partial charge in [-0.05, 0) is 49.4 Å². The van der Waals surface area contributed by atoms with Gasteiger partial charge in [0.15, 0.2) is 0 Å². The molecule has 0 saturated carbocycles. The van der Waals surface area contributed by atoms with Gasteiger partial charge in [0.1, 0.15) is 5.75 Å².